The van der Waals surface area contributed by atoms with Crippen LogP contribution in [0.3, 0.4) is 0 Å². The molecular formula is C11H14BrNO2. The summed E-state index contributed by atoms with van der Waals surface area (Å²) in [6, 6.07) is 7.10. The highest BCUT2D eigenvalue weighted by Gasteiger charge is 2.04. The van der Waals surface area contributed by atoms with Crippen molar-refractivity contribution in [3.8, 4) is 0 Å². The topological polar surface area (TPSA) is 38.3 Å². The van der Waals surface area contributed by atoms with Gasteiger partial charge in [-0.25, -0.2) is 5.48 Å². The average Bonchev–Trinajstić information content (AvgIpc) is 2.18. The van der Waals surface area contributed by atoms with E-state index in [9.17, 15) is 4.79 Å². The zero-order chi connectivity index (χ0) is 11.3. The molecule has 1 N–H and O–H groups in total. The highest BCUT2D eigenvalue weighted by Crippen LogP contribution is 2.10. The minimum atomic E-state index is -0.219. The SMILES string of the molecule is CC(C)CONC(=O)c1ccc(Br)cc1. The van der Waals surface area contributed by atoms with Crippen LogP contribution in [0.2, 0.25) is 0 Å². The van der Waals surface area contributed by atoms with Crippen molar-refractivity contribution in [2.45, 2.75) is 13.8 Å². The molecule has 1 aromatic rings. The standard InChI is InChI=1S/C11H14BrNO2/c1-8(2)7-15-13-11(14)9-3-5-10(12)6-4-9/h3-6,8H,7H2,1-2H3,(H,13,14). The third-order valence-corrected chi connectivity index (χ3v) is 2.22. The molecule has 0 aromatic heterocycles. The zero-order valence-electron chi connectivity index (χ0n) is 8.79. The van der Waals surface area contributed by atoms with Crippen LogP contribution in [0.15, 0.2) is 28.7 Å². The molecule has 0 bridgehead atoms. The van der Waals surface area contributed by atoms with Gasteiger partial charge < -0.3 is 0 Å². The maximum atomic E-state index is 11.5. The average molecular weight is 272 g/mol. The summed E-state index contributed by atoms with van der Waals surface area (Å²) in [4.78, 5) is 16.5. The van der Waals surface area contributed by atoms with Crippen LogP contribution in [0.4, 0.5) is 0 Å². The molecule has 0 saturated carbocycles. The first-order valence-electron chi connectivity index (χ1n) is 4.77. The van der Waals surface area contributed by atoms with Gasteiger partial charge in [-0.3, -0.25) is 9.63 Å². The first-order chi connectivity index (χ1) is 7.09. The maximum absolute atomic E-state index is 11.5. The molecule has 0 aliphatic carbocycles. The molecular weight excluding hydrogens is 258 g/mol. The Labute approximate surface area is 97.9 Å². The predicted octanol–water partition coefficient (Wildman–Crippen LogP) is 2.77. The van der Waals surface area contributed by atoms with Gasteiger partial charge in [0.2, 0.25) is 0 Å². The van der Waals surface area contributed by atoms with E-state index in [0.717, 1.165) is 4.47 Å². The van der Waals surface area contributed by atoms with Crippen molar-refractivity contribution in [1.82, 2.24) is 5.48 Å². The van der Waals surface area contributed by atoms with Gasteiger partial charge in [-0.2, -0.15) is 0 Å². The lowest BCUT2D eigenvalue weighted by Crippen LogP contribution is -2.25. The summed E-state index contributed by atoms with van der Waals surface area (Å²) in [5.41, 5.74) is 2.98. The summed E-state index contributed by atoms with van der Waals surface area (Å²) in [6.45, 7) is 4.56. The van der Waals surface area contributed by atoms with Gasteiger partial charge in [0, 0.05) is 10.0 Å². The molecule has 82 valence electrons. The Kier molecular flexibility index (Phi) is 4.78. The number of carbonyl (C=O) groups excluding carboxylic acids is 1. The number of carbonyl (C=O) groups is 1. The van der Waals surface area contributed by atoms with Crippen molar-refractivity contribution < 1.29 is 9.63 Å². The molecule has 1 rings (SSSR count). The zero-order valence-corrected chi connectivity index (χ0v) is 10.4. The summed E-state index contributed by atoms with van der Waals surface area (Å²) in [7, 11) is 0. The van der Waals surface area contributed by atoms with E-state index in [2.05, 4.69) is 21.4 Å². The summed E-state index contributed by atoms with van der Waals surface area (Å²) in [6.07, 6.45) is 0. The third-order valence-electron chi connectivity index (χ3n) is 1.69. The lowest BCUT2D eigenvalue weighted by molar-refractivity contribution is 0.0208. The summed E-state index contributed by atoms with van der Waals surface area (Å²) >= 11 is 3.30. The first-order valence-corrected chi connectivity index (χ1v) is 5.56. The number of hydrogen-bond donors (Lipinski definition) is 1. The Morgan fingerprint density at radius 2 is 2.00 bits per heavy atom. The molecule has 1 aromatic carbocycles. The number of hydroxylamine groups is 1. The second-order valence-corrected chi connectivity index (χ2v) is 4.56. The van der Waals surface area contributed by atoms with Crippen LogP contribution in [0.25, 0.3) is 0 Å². The Hall–Kier alpha value is -0.870. The maximum Gasteiger partial charge on any atom is 0.274 e. The van der Waals surface area contributed by atoms with E-state index in [-0.39, 0.29) is 5.91 Å². The van der Waals surface area contributed by atoms with Gasteiger partial charge in [0.25, 0.3) is 5.91 Å². The molecule has 3 nitrogen and oxygen atoms in total. The van der Waals surface area contributed by atoms with Crippen molar-refractivity contribution >= 4 is 21.8 Å². The number of halogens is 1. The molecule has 0 aliphatic rings. The van der Waals surface area contributed by atoms with Crippen LogP contribution in [-0.2, 0) is 4.84 Å². The monoisotopic (exact) mass is 271 g/mol. The van der Waals surface area contributed by atoms with Gasteiger partial charge in [-0.15, -0.1) is 0 Å². The van der Waals surface area contributed by atoms with E-state index >= 15 is 0 Å². The van der Waals surface area contributed by atoms with Crippen LogP contribution in [0.1, 0.15) is 24.2 Å². The van der Waals surface area contributed by atoms with Gasteiger partial charge in [-0.1, -0.05) is 29.8 Å². The normalized spacial score (nSPS) is 10.4. The van der Waals surface area contributed by atoms with Gasteiger partial charge in [0.1, 0.15) is 0 Å². The van der Waals surface area contributed by atoms with E-state index in [0.29, 0.717) is 18.1 Å². The lowest BCUT2D eigenvalue weighted by atomic mass is 10.2. The molecule has 0 unspecified atom stereocenters. The largest absolute Gasteiger partial charge is 0.274 e. The molecule has 0 heterocycles. The fraction of sp³-hybridized carbons (Fsp3) is 0.364. The number of amides is 1. The highest BCUT2D eigenvalue weighted by atomic mass is 79.9. The van der Waals surface area contributed by atoms with E-state index in [1.807, 2.05) is 26.0 Å². The fourth-order valence-electron chi connectivity index (χ4n) is 0.934. The summed E-state index contributed by atoms with van der Waals surface area (Å²) in [5.74, 6) is 0.179. The van der Waals surface area contributed by atoms with Crippen LogP contribution in [-0.4, -0.2) is 12.5 Å². The lowest BCUT2D eigenvalue weighted by Gasteiger charge is -2.07. The second-order valence-electron chi connectivity index (χ2n) is 3.64. The fourth-order valence-corrected chi connectivity index (χ4v) is 1.20. The van der Waals surface area contributed by atoms with Gasteiger partial charge in [0.15, 0.2) is 0 Å². The van der Waals surface area contributed by atoms with E-state index in [4.69, 9.17) is 4.84 Å². The van der Waals surface area contributed by atoms with Crippen LogP contribution in [0.5, 0.6) is 0 Å². The molecule has 15 heavy (non-hydrogen) atoms. The molecule has 1 amide bonds. The Morgan fingerprint density at radius 1 is 1.40 bits per heavy atom. The molecule has 0 fully saturated rings. The van der Waals surface area contributed by atoms with Crippen molar-refractivity contribution in [3.63, 3.8) is 0 Å². The molecule has 0 saturated heterocycles. The van der Waals surface area contributed by atoms with Crippen LogP contribution < -0.4 is 5.48 Å². The van der Waals surface area contributed by atoms with Gasteiger partial charge in [-0.05, 0) is 30.2 Å². The number of nitrogens with one attached hydrogen (secondary N) is 1. The highest BCUT2D eigenvalue weighted by molar-refractivity contribution is 9.10. The van der Waals surface area contributed by atoms with Gasteiger partial charge >= 0.3 is 0 Å². The summed E-state index contributed by atoms with van der Waals surface area (Å²) < 4.78 is 0.946. The van der Waals surface area contributed by atoms with Crippen molar-refractivity contribution in [1.29, 1.82) is 0 Å². The minimum Gasteiger partial charge on any atom is -0.273 e. The van der Waals surface area contributed by atoms with E-state index in [1.165, 1.54) is 0 Å². The molecule has 0 aliphatic heterocycles. The van der Waals surface area contributed by atoms with Crippen molar-refractivity contribution in [3.05, 3.63) is 34.3 Å². The molecule has 0 atom stereocenters. The minimum absolute atomic E-state index is 0.219. The third kappa shape index (κ3) is 4.44. The van der Waals surface area contributed by atoms with Gasteiger partial charge in [0.05, 0.1) is 6.61 Å². The number of rotatable bonds is 4. The Balaban J connectivity index is 2.43. The quantitative estimate of drug-likeness (QED) is 0.856. The first kappa shape index (κ1) is 12.2. The Bertz CT molecular complexity index is 322. The van der Waals surface area contributed by atoms with E-state index < -0.39 is 0 Å². The van der Waals surface area contributed by atoms with Crippen molar-refractivity contribution in [2.75, 3.05) is 6.61 Å². The summed E-state index contributed by atoms with van der Waals surface area (Å²) in [5, 5.41) is 0. The predicted molar refractivity (Wildman–Crippen MR) is 62.4 cm³/mol. The molecule has 4 heteroatoms. The van der Waals surface area contributed by atoms with Crippen LogP contribution in [0, 0.1) is 5.92 Å². The second kappa shape index (κ2) is 5.88. The smallest absolute Gasteiger partial charge is 0.273 e. The number of hydrogen-bond acceptors (Lipinski definition) is 2. The van der Waals surface area contributed by atoms with Crippen molar-refractivity contribution in [2.24, 2.45) is 5.92 Å². The van der Waals surface area contributed by atoms with E-state index in [1.54, 1.807) is 12.1 Å². The molecule has 0 radical (unpaired) electrons. The Morgan fingerprint density at radius 3 is 2.53 bits per heavy atom. The van der Waals surface area contributed by atoms with Crippen LogP contribution >= 0.6 is 15.9 Å². The molecule has 0 spiro atoms. The number of benzene rings is 1.